The van der Waals surface area contributed by atoms with Gasteiger partial charge in [-0.1, -0.05) is 64.1 Å². The molecule has 0 aromatic heterocycles. The molecule has 0 bridgehead atoms. The summed E-state index contributed by atoms with van der Waals surface area (Å²) in [5, 5.41) is 0. The van der Waals surface area contributed by atoms with Crippen molar-refractivity contribution in [1.29, 1.82) is 0 Å². The minimum Gasteiger partial charge on any atom is -0.549 e. The van der Waals surface area contributed by atoms with Crippen molar-refractivity contribution in [2.75, 3.05) is 19.8 Å². The third-order valence-electron chi connectivity index (χ3n) is 6.74. The number of ether oxygens (including phenoxy) is 2. The number of nitrogens with two attached hydrogens (primary N) is 1. The fourth-order valence-corrected chi connectivity index (χ4v) is 4.39. The summed E-state index contributed by atoms with van der Waals surface area (Å²) in [5.74, 6) is 1.84. The molecule has 4 rings (SSSR count). The third-order valence-corrected chi connectivity index (χ3v) is 6.74. The molecule has 2 atom stereocenters. The molecule has 40 heavy (non-hydrogen) atoms. The van der Waals surface area contributed by atoms with E-state index in [9.17, 15) is 0 Å². The average molecular weight is 572 g/mol. The van der Waals surface area contributed by atoms with Crippen molar-refractivity contribution in [3.05, 3.63) is 102 Å². The minimum absolute atomic E-state index is 0. The molecule has 3 aromatic rings. The van der Waals surface area contributed by atoms with Crippen molar-refractivity contribution in [3.63, 3.8) is 0 Å². The van der Waals surface area contributed by atoms with Crippen molar-refractivity contribution in [3.8, 4) is 11.5 Å². The van der Waals surface area contributed by atoms with Gasteiger partial charge in [-0.25, -0.2) is 0 Å². The van der Waals surface area contributed by atoms with Crippen LogP contribution in [0.4, 0.5) is 0 Å². The molecule has 1 heterocycles. The van der Waals surface area contributed by atoms with Crippen LogP contribution >= 0.6 is 0 Å². The van der Waals surface area contributed by atoms with Gasteiger partial charge in [-0.15, -0.1) is 12.1 Å². The topological polar surface area (TPSA) is 47.7 Å². The molecule has 1 saturated heterocycles. The zero-order chi connectivity index (χ0) is 27.9. The third kappa shape index (κ3) is 13.7. The van der Waals surface area contributed by atoms with Gasteiger partial charge in [0.05, 0.1) is 6.61 Å². The predicted molar refractivity (Wildman–Crippen MR) is 168 cm³/mol. The van der Waals surface area contributed by atoms with Crippen LogP contribution in [-0.4, -0.2) is 42.8 Å². The predicted octanol–water partition coefficient (Wildman–Crippen LogP) is 4.64. The molecule has 216 valence electrons. The minimum atomic E-state index is 0. The number of benzene rings is 3. The fourth-order valence-electron chi connectivity index (χ4n) is 4.39. The summed E-state index contributed by atoms with van der Waals surface area (Å²) in [6.45, 7) is 17.4. The molecule has 2 N–H and O–H groups in total. The van der Waals surface area contributed by atoms with Crippen molar-refractivity contribution in [1.82, 2.24) is 4.90 Å². The Bertz CT molecular complexity index is 1040. The van der Waals surface area contributed by atoms with Gasteiger partial charge in [-0.2, -0.15) is 17.7 Å². The van der Waals surface area contributed by atoms with Gasteiger partial charge in [0, 0.05) is 30.4 Å². The summed E-state index contributed by atoms with van der Waals surface area (Å²) in [6, 6.07) is 26.9. The Labute approximate surface area is 288 Å². The van der Waals surface area contributed by atoms with Crippen LogP contribution < -0.4 is 66.6 Å². The average Bonchev–Trinajstić information content (AvgIpc) is 2.90. The molecule has 0 spiro atoms. The SMILES string of the molecule is CC.CCc1cc(OCC(N)Cc2ccccc2)ccc1C.Cc1[c-]cc(OCC2CCN2C(C)C)cc1.[CH3-].[K+]. The van der Waals surface area contributed by atoms with E-state index in [0.717, 1.165) is 36.5 Å². The van der Waals surface area contributed by atoms with Crippen LogP contribution in [0.1, 0.15) is 63.3 Å². The maximum absolute atomic E-state index is 6.13. The van der Waals surface area contributed by atoms with Crippen LogP contribution in [0.15, 0.2) is 66.7 Å². The monoisotopic (exact) mass is 571 g/mol. The normalized spacial score (nSPS) is 14.6. The summed E-state index contributed by atoms with van der Waals surface area (Å²) in [4.78, 5) is 2.48. The van der Waals surface area contributed by atoms with Crippen LogP contribution in [0.25, 0.3) is 0 Å². The summed E-state index contributed by atoms with van der Waals surface area (Å²) < 4.78 is 11.6. The molecule has 5 heteroatoms. The number of hydrogen-bond acceptors (Lipinski definition) is 4. The number of likely N-dealkylation sites (tertiary alicyclic amines) is 1. The van der Waals surface area contributed by atoms with E-state index in [2.05, 4.69) is 62.9 Å². The van der Waals surface area contributed by atoms with Crippen molar-refractivity contribution < 1.29 is 60.9 Å². The van der Waals surface area contributed by atoms with Gasteiger partial charge < -0.3 is 22.6 Å². The van der Waals surface area contributed by atoms with E-state index in [4.69, 9.17) is 15.2 Å². The molecule has 1 aliphatic rings. The van der Waals surface area contributed by atoms with Crippen LogP contribution in [0, 0.1) is 27.3 Å². The van der Waals surface area contributed by atoms with Crippen LogP contribution in [0.3, 0.4) is 0 Å². The van der Waals surface area contributed by atoms with E-state index in [1.165, 1.54) is 29.7 Å². The Morgan fingerprint density at radius 1 is 0.975 bits per heavy atom. The molecule has 0 aliphatic carbocycles. The summed E-state index contributed by atoms with van der Waals surface area (Å²) in [7, 11) is 0. The van der Waals surface area contributed by atoms with Crippen LogP contribution in [0.5, 0.6) is 11.5 Å². The van der Waals surface area contributed by atoms with E-state index in [1.807, 2.05) is 63.2 Å². The number of nitrogens with zero attached hydrogens (tertiary/aromatic N) is 1. The first-order valence-electron chi connectivity index (χ1n) is 14.2. The number of hydrogen-bond donors (Lipinski definition) is 1. The van der Waals surface area contributed by atoms with Gasteiger partial charge in [0.15, 0.2) is 0 Å². The van der Waals surface area contributed by atoms with E-state index >= 15 is 0 Å². The Kier molecular flexibility index (Phi) is 20.9. The van der Waals surface area contributed by atoms with Gasteiger partial charge in [0.25, 0.3) is 0 Å². The van der Waals surface area contributed by atoms with Crippen molar-refractivity contribution in [2.45, 2.75) is 85.9 Å². The van der Waals surface area contributed by atoms with Crippen LogP contribution in [0.2, 0.25) is 0 Å². The van der Waals surface area contributed by atoms with Gasteiger partial charge in [0.2, 0.25) is 0 Å². The zero-order valence-electron chi connectivity index (χ0n) is 26.7. The molecule has 4 nitrogen and oxygen atoms in total. The Hall–Kier alpha value is -1.18. The molecule has 2 unspecified atom stereocenters. The molecular formula is C35H52KN2O2-. The first-order chi connectivity index (χ1) is 18.4. The molecule has 0 saturated carbocycles. The number of aryl methyl sites for hydroxylation is 3. The summed E-state index contributed by atoms with van der Waals surface area (Å²) in [6.07, 6.45) is 3.13. The molecule has 1 fully saturated rings. The first kappa shape index (κ1) is 38.8. The first-order valence-corrected chi connectivity index (χ1v) is 14.2. The maximum atomic E-state index is 6.13. The second kappa shape index (κ2) is 21.5. The summed E-state index contributed by atoms with van der Waals surface area (Å²) in [5.41, 5.74) is 11.2. The van der Waals surface area contributed by atoms with Gasteiger partial charge >= 0.3 is 51.4 Å². The van der Waals surface area contributed by atoms with Gasteiger partial charge in [-0.05, 0) is 68.9 Å². The fraction of sp³-hybridized carbons (Fsp3) is 0.457. The quantitative estimate of drug-likeness (QED) is 0.285. The second-order valence-corrected chi connectivity index (χ2v) is 10.00. The van der Waals surface area contributed by atoms with Gasteiger partial charge in [0.1, 0.15) is 12.4 Å². The Morgan fingerprint density at radius 2 is 1.65 bits per heavy atom. The molecule has 3 aromatic carbocycles. The molecular weight excluding hydrogens is 519 g/mol. The Balaban J connectivity index is 0.000000696. The standard InChI is InChI=1S/C18H23NO.C14H20NO.C2H6.CH3.K/c1-3-16-12-18(10-9-14(16)2)20-13-17(19)11-15-7-5-4-6-8-15;1-11(2)15-9-8-13(15)10-16-14-6-4-12(3)5-7-14;1-2;;/h4-10,12,17H,3,11,13,19H2,1-2H3;4,6-7,11,13H,8-10H2,1-3H3;1-2H3;1H3;/q;-1;;-1;+1. The smallest absolute Gasteiger partial charge is 0.549 e. The van der Waals surface area contributed by atoms with Crippen LogP contribution in [-0.2, 0) is 12.8 Å². The van der Waals surface area contributed by atoms with Crippen molar-refractivity contribution in [2.24, 2.45) is 5.73 Å². The van der Waals surface area contributed by atoms with Gasteiger partial charge in [-0.3, -0.25) is 4.90 Å². The molecule has 1 aliphatic heterocycles. The largest absolute Gasteiger partial charge is 1.00 e. The molecule has 0 radical (unpaired) electrons. The maximum Gasteiger partial charge on any atom is 1.00 e. The zero-order valence-corrected chi connectivity index (χ0v) is 29.8. The molecule has 0 amide bonds. The van der Waals surface area contributed by atoms with E-state index in [1.54, 1.807) is 0 Å². The van der Waals surface area contributed by atoms with Crippen molar-refractivity contribution >= 4 is 0 Å². The van der Waals surface area contributed by atoms with E-state index in [-0.39, 0.29) is 64.9 Å². The van der Waals surface area contributed by atoms with E-state index in [0.29, 0.717) is 18.7 Å². The summed E-state index contributed by atoms with van der Waals surface area (Å²) >= 11 is 0. The van der Waals surface area contributed by atoms with E-state index < -0.39 is 0 Å². The Morgan fingerprint density at radius 3 is 2.20 bits per heavy atom. The second-order valence-electron chi connectivity index (χ2n) is 10.00. The number of rotatable bonds is 10.